The Hall–Kier alpha value is -3.20. The molecule has 0 amide bonds. The number of carbonyl (C=O) groups excluding carboxylic acids is 1. The molecule has 0 radical (unpaired) electrons. The predicted octanol–water partition coefficient (Wildman–Crippen LogP) is 2.41. The summed E-state index contributed by atoms with van der Waals surface area (Å²) in [6.45, 7) is 0. The second-order valence-electron chi connectivity index (χ2n) is 6.50. The summed E-state index contributed by atoms with van der Waals surface area (Å²) in [5.74, 6) is -1.11. The van der Waals surface area contributed by atoms with E-state index in [2.05, 4.69) is 0 Å². The first kappa shape index (κ1) is 20.5. The molecule has 0 aromatic heterocycles. The molecule has 1 atom stereocenters. The van der Waals surface area contributed by atoms with E-state index in [9.17, 15) is 28.5 Å². The van der Waals surface area contributed by atoms with E-state index in [0.29, 0.717) is 11.1 Å². The molecule has 1 aliphatic rings. The molecular weight excluding hydrogens is 394 g/mol. The van der Waals surface area contributed by atoms with Crippen LogP contribution in [0.25, 0.3) is 5.76 Å². The lowest BCUT2D eigenvalue weighted by atomic mass is 9.92. The van der Waals surface area contributed by atoms with E-state index in [1.165, 1.54) is 36.4 Å². The third kappa shape index (κ3) is 4.80. The summed E-state index contributed by atoms with van der Waals surface area (Å²) >= 11 is 0. The van der Waals surface area contributed by atoms with Crippen molar-refractivity contribution in [2.45, 2.75) is 17.0 Å². The molecular formula is C21H19NO6S. The van der Waals surface area contributed by atoms with Crippen molar-refractivity contribution in [3.05, 3.63) is 90.0 Å². The SMILES string of the molecule is O=C1C=CC(=CC=C(O)c2ccccc2)CC1(O)NS(=O)(=O)c1cccc(O)c1. The number of hydrogen-bond acceptors (Lipinski definition) is 6. The minimum atomic E-state index is -4.28. The largest absolute Gasteiger partial charge is 0.508 e. The van der Waals surface area contributed by atoms with Gasteiger partial charge in [0.05, 0.1) is 4.90 Å². The molecule has 0 aliphatic heterocycles. The summed E-state index contributed by atoms with van der Waals surface area (Å²) in [4.78, 5) is 11.9. The van der Waals surface area contributed by atoms with Crippen molar-refractivity contribution in [3.8, 4) is 5.75 Å². The fourth-order valence-electron chi connectivity index (χ4n) is 2.79. The van der Waals surface area contributed by atoms with E-state index in [1.54, 1.807) is 24.3 Å². The Kier molecular flexibility index (Phi) is 5.69. The second kappa shape index (κ2) is 8.04. The van der Waals surface area contributed by atoms with Crippen LogP contribution in [0.2, 0.25) is 0 Å². The van der Waals surface area contributed by atoms with Crippen LogP contribution in [0.1, 0.15) is 12.0 Å². The molecule has 150 valence electrons. The highest BCUT2D eigenvalue weighted by molar-refractivity contribution is 7.89. The van der Waals surface area contributed by atoms with Gasteiger partial charge in [-0.3, -0.25) is 4.79 Å². The number of rotatable bonds is 5. The van der Waals surface area contributed by atoms with E-state index in [4.69, 9.17) is 0 Å². The van der Waals surface area contributed by atoms with Gasteiger partial charge in [0.2, 0.25) is 15.8 Å². The highest BCUT2D eigenvalue weighted by atomic mass is 32.2. The van der Waals surface area contributed by atoms with Crippen LogP contribution in [0, 0.1) is 0 Å². The molecule has 2 aromatic rings. The minimum absolute atomic E-state index is 0.0210. The first-order valence-corrected chi connectivity index (χ1v) is 10.1. The van der Waals surface area contributed by atoms with Crippen molar-refractivity contribution in [1.29, 1.82) is 0 Å². The number of sulfonamides is 1. The standard InChI is InChI=1S/C21H19NO6S/c23-17-7-4-8-18(13-17)29(27,28)22-21(26)14-15(10-12-20(21)25)9-11-19(24)16-5-2-1-3-6-16/h1-13,22-24,26H,14H2. The highest BCUT2D eigenvalue weighted by Crippen LogP contribution is 2.26. The number of phenols is 1. The van der Waals surface area contributed by atoms with Gasteiger partial charge in [-0.25, -0.2) is 8.42 Å². The van der Waals surface area contributed by atoms with E-state index >= 15 is 0 Å². The molecule has 0 spiro atoms. The van der Waals surface area contributed by atoms with Crippen molar-refractivity contribution in [3.63, 3.8) is 0 Å². The molecule has 0 saturated carbocycles. The van der Waals surface area contributed by atoms with Crippen molar-refractivity contribution >= 4 is 21.6 Å². The third-order valence-corrected chi connectivity index (χ3v) is 5.75. The Morgan fingerprint density at radius 2 is 1.79 bits per heavy atom. The smallest absolute Gasteiger partial charge is 0.243 e. The number of aliphatic hydroxyl groups excluding tert-OH is 1. The maximum atomic E-state index is 12.5. The number of aromatic hydroxyl groups is 1. The molecule has 8 heteroatoms. The van der Waals surface area contributed by atoms with Gasteiger partial charge in [0, 0.05) is 12.0 Å². The highest BCUT2D eigenvalue weighted by Gasteiger charge is 2.41. The second-order valence-corrected chi connectivity index (χ2v) is 8.18. The number of benzene rings is 2. The zero-order valence-corrected chi connectivity index (χ0v) is 16.0. The molecule has 0 fully saturated rings. The normalized spacial score (nSPS) is 21.5. The summed E-state index contributed by atoms with van der Waals surface area (Å²) < 4.78 is 27.1. The van der Waals surface area contributed by atoms with E-state index in [0.717, 1.165) is 12.1 Å². The van der Waals surface area contributed by atoms with E-state index < -0.39 is 21.5 Å². The van der Waals surface area contributed by atoms with Crippen LogP contribution < -0.4 is 4.72 Å². The summed E-state index contributed by atoms with van der Waals surface area (Å²) in [5, 5.41) is 30.3. The van der Waals surface area contributed by atoms with Gasteiger partial charge >= 0.3 is 0 Å². The Morgan fingerprint density at radius 3 is 2.48 bits per heavy atom. The Bertz CT molecular complexity index is 1120. The third-order valence-electron chi connectivity index (χ3n) is 4.27. The Balaban J connectivity index is 1.85. The zero-order valence-electron chi connectivity index (χ0n) is 15.2. The summed E-state index contributed by atoms with van der Waals surface area (Å²) in [7, 11) is -4.28. The molecule has 7 nitrogen and oxygen atoms in total. The first-order chi connectivity index (χ1) is 13.7. The van der Waals surface area contributed by atoms with Gasteiger partial charge in [0.1, 0.15) is 11.5 Å². The van der Waals surface area contributed by atoms with Crippen LogP contribution in [0.3, 0.4) is 0 Å². The monoisotopic (exact) mass is 413 g/mol. The predicted molar refractivity (Wildman–Crippen MR) is 107 cm³/mol. The van der Waals surface area contributed by atoms with Crippen LogP contribution in [-0.2, 0) is 14.8 Å². The average Bonchev–Trinajstić information content (AvgIpc) is 2.69. The first-order valence-electron chi connectivity index (χ1n) is 8.63. The van der Waals surface area contributed by atoms with Crippen LogP contribution >= 0.6 is 0 Å². The Labute approximate surface area is 168 Å². The fraction of sp³-hybridized carbons (Fsp3) is 0.0952. The zero-order chi connectivity index (χ0) is 21.1. The topological polar surface area (TPSA) is 124 Å². The lowest BCUT2D eigenvalue weighted by molar-refractivity contribution is -0.133. The van der Waals surface area contributed by atoms with Gasteiger partial charge < -0.3 is 15.3 Å². The molecule has 0 heterocycles. The van der Waals surface area contributed by atoms with Gasteiger partial charge in [-0.2, -0.15) is 4.72 Å². The van der Waals surface area contributed by atoms with Gasteiger partial charge in [-0.05, 0) is 35.9 Å². The number of nitrogens with one attached hydrogen (secondary N) is 1. The molecule has 1 unspecified atom stereocenters. The number of ketones is 1. The van der Waals surface area contributed by atoms with Crippen LogP contribution in [0.4, 0.5) is 0 Å². The van der Waals surface area contributed by atoms with Crippen LogP contribution in [0.5, 0.6) is 5.75 Å². The molecule has 3 rings (SSSR count). The molecule has 1 aliphatic carbocycles. The van der Waals surface area contributed by atoms with Gasteiger partial charge in [0.25, 0.3) is 0 Å². The fourth-order valence-corrected chi connectivity index (χ4v) is 4.05. The summed E-state index contributed by atoms with van der Waals surface area (Å²) in [6.07, 6.45) is 5.05. The average molecular weight is 413 g/mol. The van der Waals surface area contributed by atoms with Crippen LogP contribution in [0.15, 0.2) is 89.4 Å². The summed E-state index contributed by atoms with van der Waals surface area (Å²) in [5.41, 5.74) is -1.38. The number of aliphatic hydroxyl groups is 2. The number of hydrogen-bond donors (Lipinski definition) is 4. The van der Waals surface area contributed by atoms with Crippen molar-refractivity contribution < 1.29 is 28.5 Å². The lowest BCUT2D eigenvalue weighted by Crippen LogP contribution is -2.55. The molecule has 2 aromatic carbocycles. The molecule has 4 N–H and O–H groups in total. The maximum Gasteiger partial charge on any atom is 0.243 e. The molecule has 0 bridgehead atoms. The lowest BCUT2D eigenvalue weighted by Gasteiger charge is -2.29. The molecule has 0 saturated heterocycles. The number of carbonyl (C=O) groups is 1. The molecule has 29 heavy (non-hydrogen) atoms. The van der Waals surface area contributed by atoms with Gasteiger partial charge in [-0.1, -0.05) is 48.6 Å². The van der Waals surface area contributed by atoms with E-state index in [-0.39, 0.29) is 22.8 Å². The maximum absolute atomic E-state index is 12.5. The summed E-state index contributed by atoms with van der Waals surface area (Å²) in [6, 6.07) is 13.6. The number of allylic oxidation sites excluding steroid dienone is 3. The van der Waals surface area contributed by atoms with E-state index in [1.807, 2.05) is 10.8 Å². The van der Waals surface area contributed by atoms with Crippen molar-refractivity contribution in [2.24, 2.45) is 0 Å². The van der Waals surface area contributed by atoms with Crippen LogP contribution in [-0.4, -0.2) is 35.2 Å². The van der Waals surface area contributed by atoms with Gasteiger partial charge in [-0.15, -0.1) is 0 Å². The quantitative estimate of drug-likeness (QED) is 0.441. The minimum Gasteiger partial charge on any atom is -0.508 e. The van der Waals surface area contributed by atoms with Gasteiger partial charge in [0.15, 0.2) is 5.72 Å². The van der Waals surface area contributed by atoms with Crippen molar-refractivity contribution in [2.75, 3.05) is 0 Å². The Morgan fingerprint density at radius 1 is 1.07 bits per heavy atom. The van der Waals surface area contributed by atoms with Crippen molar-refractivity contribution in [1.82, 2.24) is 4.72 Å². The number of phenolic OH excluding ortho intramolecular Hbond substituents is 1.